The van der Waals surface area contributed by atoms with Crippen molar-refractivity contribution >= 4 is 22.4 Å². The molecule has 1 heterocycles. The number of hydrogen-bond donors (Lipinski definition) is 1. The van der Waals surface area contributed by atoms with E-state index in [-0.39, 0.29) is 17.8 Å². The summed E-state index contributed by atoms with van der Waals surface area (Å²) in [4.78, 5) is 10.8. The molecule has 7 heteroatoms. The van der Waals surface area contributed by atoms with Crippen molar-refractivity contribution in [3.05, 3.63) is 11.3 Å². The lowest BCUT2D eigenvalue weighted by molar-refractivity contribution is -0.132. The molecule has 0 atom stereocenters. The standard InChI is InChI=1S/C8H12N2O4S/c1-3-4-10-6(2)7(8(11)12)5-9-15(10,13)14/h5H,3-4H2,1-2H3,(H,11,12). The quantitative estimate of drug-likeness (QED) is 0.762. The number of carboxylic acids is 1. The van der Waals surface area contributed by atoms with Crippen molar-refractivity contribution < 1.29 is 18.3 Å². The molecule has 0 saturated heterocycles. The molecular formula is C8H12N2O4S. The summed E-state index contributed by atoms with van der Waals surface area (Å²) in [5, 5.41) is 8.79. The highest BCUT2D eigenvalue weighted by atomic mass is 32.2. The van der Waals surface area contributed by atoms with Crippen molar-refractivity contribution in [1.29, 1.82) is 0 Å². The molecule has 84 valence electrons. The molecule has 1 aliphatic rings. The number of allylic oxidation sites excluding steroid dienone is 1. The molecule has 0 unspecified atom stereocenters. The fraction of sp³-hybridized carbons (Fsp3) is 0.500. The van der Waals surface area contributed by atoms with Crippen LogP contribution in [-0.4, -0.2) is 36.6 Å². The third-order valence-electron chi connectivity index (χ3n) is 2.01. The lowest BCUT2D eigenvalue weighted by Crippen LogP contribution is -2.33. The Morgan fingerprint density at radius 2 is 2.20 bits per heavy atom. The van der Waals surface area contributed by atoms with E-state index in [1.165, 1.54) is 6.92 Å². The fourth-order valence-electron chi connectivity index (χ4n) is 1.27. The van der Waals surface area contributed by atoms with Crippen LogP contribution in [0.15, 0.2) is 15.7 Å². The number of nitrogens with zero attached hydrogens (tertiary/aromatic N) is 2. The summed E-state index contributed by atoms with van der Waals surface area (Å²) in [5.74, 6) is -1.17. The number of aliphatic carboxylic acids is 1. The van der Waals surface area contributed by atoms with Gasteiger partial charge in [-0.05, 0) is 13.3 Å². The van der Waals surface area contributed by atoms with E-state index in [1.54, 1.807) is 0 Å². The molecule has 15 heavy (non-hydrogen) atoms. The third-order valence-corrected chi connectivity index (χ3v) is 3.40. The van der Waals surface area contributed by atoms with E-state index in [9.17, 15) is 13.2 Å². The Balaban J connectivity index is 3.21. The van der Waals surface area contributed by atoms with E-state index in [2.05, 4.69) is 4.40 Å². The molecule has 1 aliphatic heterocycles. The van der Waals surface area contributed by atoms with Gasteiger partial charge in [0.05, 0.1) is 11.8 Å². The molecule has 1 N–H and O–H groups in total. The minimum atomic E-state index is -3.72. The van der Waals surface area contributed by atoms with Crippen LogP contribution >= 0.6 is 0 Å². The van der Waals surface area contributed by atoms with Crippen LogP contribution in [-0.2, 0) is 15.0 Å². The van der Waals surface area contributed by atoms with E-state index < -0.39 is 16.2 Å². The lowest BCUT2D eigenvalue weighted by Gasteiger charge is -2.25. The summed E-state index contributed by atoms with van der Waals surface area (Å²) < 4.78 is 27.2. The molecule has 0 aromatic carbocycles. The molecule has 0 fully saturated rings. The van der Waals surface area contributed by atoms with Crippen LogP contribution in [0.4, 0.5) is 0 Å². The van der Waals surface area contributed by atoms with Crippen molar-refractivity contribution in [3.8, 4) is 0 Å². The monoisotopic (exact) mass is 232 g/mol. The van der Waals surface area contributed by atoms with Crippen LogP contribution in [0.25, 0.3) is 0 Å². The average Bonchev–Trinajstić information content (AvgIpc) is 2.11. The SMILES string of the molecule is CCCN1C(C)=C(C(=O)O)C=NS1(=O)=O. The lowest BCUT2D eigenvalue weighted by atomic mass is 10.2. The second kappa shape index (κ2) is 4.01. The first-order chi connectivity index (χ1) is 6.90. The van der Waals surface area contributed by atoms with Gasteiger partial charge in [-0.1, -0.05) is 6.92 Å². The predicted molar refractivity (Wildman–Crippen MR) is 54.7 cm³/mol. The molecule has 0 aromatic rings. The zero-order valence-electron chi connectivity index (χ0n) is 8.47. The second-order valence-corrected chi connectivity index (χ2v) is 4.64. The topological polar surface area (TPSA) is 87.0 Å². The van der Waals surface area contributed by atoms with Crippen LogP contribution in [0.2, 0.25) is 0 Å². The number of rotatable bonds is 3. The maximum atomic E-state index is 11.5. The predicted octanol–water partition coefficient (Wildman–Crippen LogP) is 0.386. The van der Waals surface area contributed by atoms with Crippen molar-refractivity contribution in [2.24, 2.45) is 4.40 Å². The molecular weight excluding hydrogens is 220 g/mol. The van der Waals surface area contributed by atoms with Crippen LogP contribution in [0.5, 0.6) is 0 Å². The zero-order chi connectivity index (χ0) is 11.6. The summed E-state index contributed by atoms with van der Waals surface area (Å²) in [7, 11) is -3.72. The van der Waals surface area contributed by atoms with Gasteiger partial charge in [0.15, 0.2) is 0 Å². The first-order valence-corrected chi connectivity index (χ1v) is 5.82. The first-order valence-electron chi connectivity index (χ1n) is 4.42. The second-order valence-electron chi connectivity index (χ2n) is 3.09. The highest BCUT2D eigenvalue weighted by Crippen LogP contribution is 2.20. The molecule has 0 radical (unpaired) electrons. The highest BCUT2D eigenvalue weighted by Gasteiger charge is 2.28. The van der Waals surface area contributed by atoms with Gasteiger partial charge in [0.2, 0.25) is 0 Å². The van der Waals surface area contributed by atoms with Crippen molar-refractivity contribution in [3.63, 3.8) is 0 Å². The Hall–Kier alpha value is -1.37. The molecule has 0 saturated carbocycles. The van der Waals surface area contributed by atoms with Crippen molar-refractivity contribution in [2.45, 2.75) is 20.3 Å². The van der Waals surface area contributed by atoms with E-state index in [4.69, 9.17) is 5.11 Å². The largest absolute Gasteiger partial charge is 0.478 e. The molecule has 0 spiro atoms. The van der Waals surface area contributed by atoms with Gasteiger partial charge in [-0.2, -0.15) is 12.8 Å². The fourth-order valence-corrected chi connectivity index (χ4v) is 2.48. The molecule has 0 bridgehead atoms. The van der Waals surface area contributed by atoms with Crippen molar-refractivity contribution in [2.75, 3.05) is 6.54 Å². The zero-order valence-corrected chi connectivity index (χ0v) is 9.28. The average molecular weight is 232 g/mol. The van der Waals surface area contributed by atoms with Crippen LogP contribution in [0, 0.1) is 0 Å². The smallest absolute Gasteiger partial charge is 0.344 e. The Labute approximate surface area is 88.1 Å². The Morgan fingerprint density at radius 3 is 2.67 bits per heavy atom. The Morgan fingerprint density at radius 1 is 1.60 bits per heavy atom. The summed E-state index contributed by atoms with van der Waals surface area (Å²) >= 11 is 0. The van der Waals surface area contributed by atoms with Crippen LogP contribution < -0.4 is 0 Å². The van der Waals surface area contributed by atoms with E-state index in [0.717, 1.165) is 10.5 Å². The molecule has 0 aliphatic carbocycles. The normalized spacial score (nSPS) is 19.5. The van der Waals surface area contributed by atoms with E-state index >= 15 is 0 Å². The summed E-state index contributed by atoms with van der Waals surface area (Å²) in [6.07, 6.45) is 1.47. The third kappa shape index (κ3) is 2.17. The maximum Gasteiger partial charge on any atom is 0.344 e. The summed E-state index contributed by atoms with van der Waals surface area (Å²) in [5.41, 5.74) is 0.123. The Bertz CT molecular complexity index is 436. The maximum absolute atomic E-state index is 11.5. The molecule has 0 aromatic heterocycles. The van der Waals surface area contributed by atoms with Gasteiger partial charge in [0.25, 0.3) is 0 Å². The van der Waals surface area contributed by atoms with Gasteiger partial charge in [0, 0.05) is 12.2 Å². The van der Waals surface area contributed by atoms with Gasteiger partial charge >= 0.3 is 16.2 Å². The highest BCUT2D eigenvalue weighted by molar-refractivity contribution is 7.88. The summed E-state index contributed by atoms with van der Waals surface area (Å²) in [6.45, 7) is 3.51. The van der Waals surface area contributed by atoms with Gasteiger partial charge < -0.3 is 5.11 Å². The minimum absolute atomic E-state index is 0.0849. The number of hydrogen-bond acceptors (Lipinski definition) is 3. The molecule has 6 nitrogen and oxygen atoms in total. The summed E-state index contributed by atoms with van der Waals surface area (Å²) in [6, 6.07) is 0. The number of carboxylic acid groups (broad SMARTS) is 1. The molecule has 0 amide bonds. The van der Waals surface area contributed by atoms with Gasteiger partial charge in [-0.3, -0.25) is 4.31 Å². The first kappa shape index (κ1) is 11.7. The van der Waals surface area contributed by atoms with Crippen molar-refractivity contribution in [1.82, 2.24) is 4.31 Å². The number of carbonyl (C=O) groups is 1. The minimum Gasteiger partial charge on any atom is -0.478 e. The van der Waals surface area contributed by atoms with Crippen LogP contribution in [0.3, 0.4) is 0 Å². The van der Waals surface area contributed by atoms with Gasteiger partial charge in [-0.15, -0.1) is 0 Å². The van der Waals surface area contributed by atoms with Gasteiger partial charge in [0.1, 0.15) is 0 Å². The molecule has 1 rings (SSSR count). The van der Waals surface area contributed by atoms with E-state index in [0.29, 0.717) is 6.42 Å². The van der Waals surface area contributed by atoms with Crippen LogP contribution in [0.1, 0.15) is 20.3 Å². The Kier molecular flexibility index (Phi) is 3.13. The van der Waals surface area contributed by atoms with Gasteiger partial charge in [-0.25, -0.2) is 4.79 Å². The van der Waals surface area contributed by atoms with E-state index in [1.807, 2.05) is 6.92 Å².